The minimum absolute atomic E-state index is 0.0504. The molecule has 0 radical (unpaired) electrons. The van der Waals surface area contributed by atoms with Gasteiger partial charge in [-0.2, -0.15) is 0 Å². The van der Waals surface area contributed by atoms with Gasteiger partial charge < -0.3 is 5.11 Å². The van der Waals surface area contributed by atoms with Crippen LogP contribution in [-0.4, -0.2) is 11.1 Å². The molecule has 0 bridgehead atoms. The first-order chi connectivity index (χ1) is 10.3. The second-order valence-electron chi connectivity index (χ2n) is 6.24. The summed E-state index contributed by atoms with van der Waals surface area (Å²) in [5.74, 6) is -1.42. The maximum Gasteiger partial charge on any atom is 0.336 e. The maximum absolute atomic E-state index is 13.0. The fourth-order valence-corrected chi connectivity index (χ4v) is 2.14. The van der Waals surface area contributed by atoms with E-state index in [9.17, 15) is 14.3 Å². The van der Waals surface area contributed by atoms with E-state index in [1.165, 1.54) is 29.8 Å². The molecule has 0 aliphatic carbocycles. The molecule has 0 fully saturated rings. The zero-order chi connectivity index (χ0) is 16.3. The number of hydrogen-bond donors (Lipinski definition) is 1. The molecule has 3 heteroatoms. The van der Waals surface area contributed by atoms with Crippen LogP contribution in [0.15, 0.2) is 48.5 Å². The van der Waals surface area contributed by atoms with E-state index in [-0.39, 0.29) is 16.8 Å². The number of carboxylic acids is 1. The van der Waals surface area contributed by atoms with Crippen molar-refractivity contribution in [3.05, 3.63) is 71.0 Å². The zero-order valence-corrected chi connectivity index (χ0v) is 12.9. The van der Waals surface area contributed by atoms with Gasteiger partial charge in [0, 0.05) is 0 Å². The van der Waals surface area contributed by atoms with Crippen molar-refractivity contribution in [3.63, 3.8) is 0 Å². The third kappa shape index (κ3) is 3.82. The highest BCUT2D eigenvalue weighted by Crippen LogP contribution is 2.24. The van der Waals surface area contributed by atoms with E-state index >= 15 is 0 Å². The van der Waals surface area contributed by atoms with Crippen LogP contribution in [0.2, 0.25) is 0 Å². The Morgan fingerprint density at radius 3 is 2.00 bits per heavy atom. The van der Waals surface area contributed by atoms with Crippen LogP contribution in [0, 0.1) is 5.82 Å². The van der Waals surface area contributed by atoms with Crippen LogP contribution in [0.4, 0.5) is 4.39 Å². The number of aliphatic carboxylic acids is 1. The van der Waals surface area contributed by atoms with Crippen molar-refractivity contribution < 1.29 is 14.3 Å². The molecule has 2 nitrogen and oxygen atoms in total. The molecule has 1 N–H and O–H groups in total. The lowest BCUT2D eigenvalue weighted by Gasteiger charge is -2.18. The van der Waals surface area contributed by atoms with Gasteiger partial charge in [0.25, 0.3) is 0 Å². The average molecular weight is 298 g/mol. The Bertz CT molecular complexity index is 690. The van der Waals surface area contributed by atoms with Gasteiger partial charge >= 0.3 is 5.97 Å². The molecule has 22 heavy (non-hydrogen) atoms. The molecular formula is C19H19FO2. The minimum atomic E-state index is -1.04. The Hall–Kier alpha value is -2.42. The normalized spacial score (nSPS) is 12.3. The molecule has 0 spiro atoms. The molecule has 0 aliphatic heterocycles. The van der Waals surface area contributed by atoms with Crippen LogP contribution in [0.25, 0.3) is 11.6 Å². The van der Waals surface area contributed by atoms with Gasteiger partial charge in [-0.1, -0.05) is 57.2 Å². The Labute approximate surface area is 129 Å². The summed E-state index contributed by atoms with van der Waals surface area (Å²) in [6.07, 6.45) is 1.60. The van der Waals surface area contributed by atoms with Gasteiger partial charge in [-0.05, 0) is 40.3 Å². The van der Waals surface area contributed by atoms with E-state index in [1.54, 1.807) is 6.08 Å². The van der Waals surface area contributed by atoms with Crippen LogP contribution in [0.3, 0.4) is 0 Å². The SMILES string of the molecule is CC(C)(C)c1ccc(/C=C(/C(=O)O)c2ccc(F)cc2)cc1. The Balaban J connectivity index is 2.38. The van der Waals surface area contributed by atoms with Gasteiger partial charge in [0.05, 0.1) is 5.57 Å². The standard InChI is InChI=1S/C19H19FO2/c1-19(2,3)15-8-4-13(5-9-15)12-17(18(21)22)14-6-10-16(20)11-7-14/h4-12H,1-3H3,(H,21,22)/b17-12+. The Morgan fingerprint density at radius 2 is 1.55 bits per heavy atom. The molecule has 114 valence electrons. The van der Waals surface area contributed by atoms with Crippen LogP contribution >= 0.6 is 0 Å². The van der Waals surface area contributed by atoms with Crippen molar-refractivity contribution in [2.45, 2.75) is 26.2 Å². The predicted octanol–water partition coefficient (Wildman–Crippen LogP) is 4.75. The lowest BCUT2D eigenvalue weighted by atomic mass is 9.86. The molecule has 0 heterocycles. The van der Waals surface area contributed by atoms with Gasteiger partial charge in [0.1, 0.15) is 5.82 Å². The molecule has 0 atom stereocenters. The van der Waals surface area contributed by atoms with Gasteiger partial charge in [0.15, 0.2) is 0 Å². The minimum Gasteiger partial charge on any atom is -0.478 e. The molecule has 0 saturated heterocycles. The zero-order valence-electron chi connectivity index (χ0n) is 12.9. The number of benzene rings is 2. The average Bonchev–Trinajstić information content (AvgIpc) is 2.45. The van der Waals surface area contributed by atoms with Crippen molar-refractivity contribution in [1.29, 1.82) is 0 Å². The van der Waals surface area contributed by atoms with Gasteiger partial charge in [-0.25, -0.2) is 9.18 Å². The van der Waals surface area contributed by atoms with E-state index in [2.05, 4.69) is 20.8 Å². The lowest BCUT2D eigenvalue weighted by molar-refractivity contribution is -0.130. The van der Waals surface area contributed by atoms with E-state index in [1.807, 2.05) is 24.3 Å². The fourth-order valence-electron chi connectivity index (χ4n) is 2.14. The van der Waals surface area contributed by atoms with Crippen LogP contribution in [0.5, 0.6) is 0 Å². The third-order valence-electron chi connectivity index (χ3n) is 3.47. The summed E-state index contributed by atoms with van der Waals surface area (Å²) in [7, 11) is 0. The number of rotatable bonds is 3. The topological polar surface area (TPSA) is 37.3 Å². The number of carbonyl (C=O) groups is 1. The molecule has 0 aliphatic rings. The van der Waals surface area contributed by atoms with E-state index < -0.39 is 5.97 Å². The second kappa shape index (κ2) is 6.14. The summed E-state index contributed by atoms with van der Waals surface area (Å²) in [5, 5.41) is 9.38. The summed E-state index contributed by atoms with van der Waals surface area (Å²) in [6.45, 7) is 6.37. The summed E-state index contributed by atoms with van der Waals surface area (Å²) < 4.78 is 13.0. The summed E-state index contributed by atoms with van der Waals surface area (Å²) in [4.78, 5) is 11.5. The second-order valence-corrected chi connectivity index (χ2v) is 6.24. The highest BCUT2D eigenvalue weighted by atomic mass is 19.1. The number of carboxylic acid groups (broad SMARTS) is 1. The van der Waals surface area contributed by atoms with E-state index in [4.69, 9.17) is 0 Å². The van der Waals surface area contributed by atoms with Crippen LogP contribution in [0.1, 0.15) is 37.5 Å². The van der Waals surface area contributed by atoms with Gasteiger partial charge in [-0.15, -0.1) is 0 Å². The quantitative estimate of drug-likeness (QED) is 0.656. The highest BCUT2D eigenvalue weighted by Gasteiger charge is 2.14. The molecule has 0 aromatic heterocycles. The molecule has 0 amide bonds. The molecule has 2 rings (SSSR count). The van der Waals surface area contributed by atoms with Crippen molar-refractivity contribution >= 4 is 17.6 Å². The molecular weight excluding hydrogens is 279 g/mol. The van der Waals surface area contributed by atoms with Crippen LogP contribution in [-0.2, 0) is 10.2 Å². The molecule has 2 aromatic rings. The molecule has 0 unspecified atom stereocenters. The summed E-state index contributed by atoms with van der Waals surface area (Å²) in [6, 6.07) is 13.2. The number of halogens is 1. The van der Waals surface area contributed by atoms with Crippen LogP contribution < -0.4 is 0 Å². The summed E-state index contributed by atoms with van der Waals surface area (Å²) in [5.41, 5.74) is 2.66. The predicted molar refractivity (Wildman–Crippen MR) is 87.0 cm³/mol. The molecule has 0 saturated carbocycles. The van der Waals surface area contributed by atoms with Gasteiger partial charge in [0.2, 0.25) is 0 Å². The Kier molecular flexibility index (Phi) is 4.45. The third-order valence-corrected chi connectivity index (χ3v) is 3.47. The first kappa shape index (κ1) is 16.0. The smallest absolute Gasteiger partial charge is 0.336 e. The Morgan fingerprint density at radius 1 is 1.00 bits per heavy atom. The monoisotopic (exact) mass is 298 g/mol. The highest BCUT2D eigenvalue weighted by molar-refractivity contribution is 6.20. The van der Waals surface area contributed by atoms with Crippen molar-refractivity contribution in [3.8, 4) is 0 Å². The largest absolute Gasteiger partial charge is 0.478 e. The fraction of sp³-hybridized carbons (Fsp3) is 0.211. The maximum atomic E-state index is 13.0. The first-order valence-corrected chi connectivity index (χ1v) is 7.09. The number of hydrogen-bond acceptors (Lipinski definition) is 1. The summed E-state index contributed by atoms with van der Waals surface area (Å²) >= 11 is 0. The van der Waals surface area contributed by atoms with Crippen molar-refractivity contribution in [1.82, 2.24) is 0 Å². The van der Waals surface area contributed by atoms with E-state index in [0.717, 1.165) is 5.56 Å². The first-order valence-electron chi connectivity index (χ1n) is 7.09. The molecule has 2 aromatic carbocycles. The van der Waals surface area contributed by atoms with E-state index in [0.29, 0.717) is 5.56 Å². The van der Waals surface area contributed by atoms with Gasteiger partial charge in [-0.3, -0.25) is 0 Å². The van der Waals surface area contributed by atoms with Crippen molar-refractivity contribution in [2.75, 3.05) is 0 Å². The van der Waals surface area contributed by atoms with Crippen molar-refractivity contribution in [2.24, 2.45) is 0 Å². The lowest BCUT2D eigenvalue weighted by Crippen LogP contribution is -2.10.